The van der Waals surface area contributed by atoms with Gasteiger partial charge in [-0.1, -0.05) is 6.92 Å². The Bertz CT molecular complexity index is 264. The molecule has 0 bridgehead atoms. The third-order valence-corrected chi connectivity index (χ3v) is 3.01. The molecule has 0 radical (unpaired) electrons. The van der Waals surface area contributed by atoms with Crippen LogP contribution in [0.1, 0.15) is 26.2 Å². The number of hydrogen-bond donors (Lipinski definition) is 1. The number of cyclic esters (lactones) is 1. The summed E-state index contributed by atoms with van der Waals surface area (Å²) in [5, 5.41) is 2.79. The second kappa shape index (κ2) is 3.59. The van der Waals surface area contributed by atoms with E-state index in [-0.39, 0.29) is 29.8 Å². The highest BCUT2D eigenvalue weighted by Crippen LogP contribution is 2.27. The molecule has 1 N–H and O–H groups in total. The molecule has 2 saturated heterocycles. The summed E-state index contributed by atoms with van der Waals surface area (Å²) in [6.45, 7) is 2.64. The van der Waals surface area contributed by atoms with Crippen molar-refractivity contribution in [1.29, 1.82) is 0 Å². The fourth-order valence-corrected chi connectivity index (χ4v) is 2.15. The van der Waals surface area contributed by atoms with Crippen molar-refractivity contribution in [2.24, 2.45) is 11.8 Å². The summed E-state index contributed by atoms with van der Waals surface area (Å²) in [6.07, 6.45) is 2.30. The van der Waals surface area contributed by atoms with Gasteiger partial charge in [0.1, 0.15) is 6.10 Å². The fraction of sp³-hybridized carbons (Fsp3) is 0.800. The maximum atomic E-state index is 11.3. The summed E-state index contributed by atoms with van der Waals surface area (Å²) >= 11 is 0. The first kappa shape index (κ1) is 9.49. The maximum Gasteiger partial charge on any atom is 0.309 e. The van der Waals surface area contributed by atoms with Crippen LogP contribution in [0.2, 0.25) is 0 Å². The highest BCUT2D eigenvalue weighted by atomic mass is 16.5. The second-order valence-electron chi connectivity index (χ2n) is 4.21. The van der Waals surface area contributed by atoms with E-state index in [0.29, 0.717) is 6.42 Å². The molecule has 3 atom stereocenters. The van der Waals surface area contributed by atoms with Crippen molar-refractivity contribution in [1.82, 2.24) is 5.32 Å². The van der Waals surface area contributed by atoms with Crippen LogP contribution in [-0.2, 0) is 14.3 Å². The number of esters is 1. The number of carbonyl (C=O) groups excluding carboxylic acids is 2. The minimum absolute atomic E-state index is 0.00413. The molecular weight excluding hydrogens is 182 g/mol. The molecule has 1 amide bonds. The molecule has 0 aromatic carbocycles. The summed E-state index contributed by atoms with van der Waals surface area (Å²) in [4.78, 5) is 22.4. The molecular formula is C10H15NO3. The zero-order valence-corrected chi connectivity index (χ0v) is 8.29. The van der Waals surface area contributed by atoms with Crippen molar-refractivity contribution < 1.29 is 14.3 Å². The predicted molar refractivity (Wildman–Crippen MR) is 49.4 cm³/mol. The van der Waals surface area contributed by atoms with Gasteiger partial charge < -0.3 is 10.1 Å². The van der Waals surface area contributed by atoms with Crippen LogP contribution in [0.5, 0.6) is 0 Å². The molecule has 78 valence electrons. The lowest BCUT2D eigenvalue weighted by molar-refractivity contribution is -0.145. The van der Waals surface area contributed by atoms with Crippen LogP contribution in [0.4, 0.5) is 0 Å². The molecule has 0 aromatic heterocycles. The van der Waals surface area contributed by atoms with Gasteiger partial charge in [-0.05, 0) is 19.3 Å². The Morgan fingerprint density at radius 3 is 2.79 bits per heavy atom. The van der Waals surface area contributed by atoms with Crippen LogP contribution in [0, 0.1) is 11.8 Å². The van der Waals surface area contributed by atoms with E-state index >= 15 is 0 Å². The third-order valence-electron chi connectivity index (χ3n) is 3.01. The van der Waals surface area contributed by atoms with Gasteiger partial charge in [0.15, 0.2) is 0 Å². The highest BCUT2D eigenvalue weighted by molar-refractivity contribution is 5.80. The van der Waals surface area contributed by atoms with Crippen molar-refractivity contribution in [3.05, 3.63) is 0 Å². The number of rotatable bonds is 2. The van der Waals surface area contributed by atoms with E-state index in [1.54, 1.807) is 0 Å². The minimum Gasteiger partial charge on any atom is -0.462 e. The van der Waals surface area contributed by atoms with Crippen LogP contribution in [-0.4, -0.2) is 24.5 Å². The highest BCUT2D eigenvalue weighted by Gasteiger charge is 2.35. The normalized spacial score (nSPS) is 37.1. The van der Waals surface area contributed by atoms with Crippen molar-refractivity contribution in [3.63, 3.8) is 0 Å². The lowest BCUT2D eigenvalue weighted by atomic mass is 9.96. The number of ether oxygens (including phenoxy) is 1. The van der Waals surface area contributed by atoms with Gasteiger partial charge in [-0.3, -0.25) is 9.59 Å². The molecule has 0 spiro atoms. The molecule has 2 aliphatic rings. The molecule has 2 rings (SSSR count). The topological polar surface area (TPSA) is 55.4 Å². The maximum absolute atomic E-state index is 11.3. The van der Waals surface area contributed by atoms with Gasteiger partial charge >= 0.3 is 5.97 Å². The summed E-state index contributed by atoms with van der Waals surface area (Å²) < 4.78 is 5.16. The first-order valence-corrected chi connectivity index (χ1v) is 5.15. The Morgan fingerprint density at radius 2 is 2.29 bits per heavy atom. The molecule has 4 heteroatoms. The van der Waals surface area contributed by atoms with Crippen molar-refractivity contribution in [3.8, 4) is 0 Å². The Labute approximate surface area is 83.0 Å². The smallest absolute Gasteiger partial charge is 0.309 e. The Hall–Kier alpha value is -1.06. The van der Waals surface area contributed by atoms with Gasteiger partial charge in [-0.15, -0.1) is 0 Å². The van der Waals surface area contributed by atoms with Crippen LogP contribution in [0.25, 0.3) is 0 Å². The average molecular weight is 197 g/mol. The van der Waals surface area contributed by atoms with Gasteiger partial charge in [0, 0.05) is 12.5 Å². The Balaban J connectivity index is 1.86. The fourth-order valence-electron chi connectivity index (χ4n) is 2.15. The molecule has 0 saturated carbocycles. The predicted octanol–water partition coefficient (Wildman–Crippen LogP) is 0.464. The van der Waals surface area contributed by atoms with Gasteiger partial charge in [0.05, 0.1) is 5.92 Å². The molecule has 2 fully saturated rings. The van der Waals surface area contributed by atoms with E-state index in [4.69, 9.17) is 4.74 Å². The standard InChI is InChI=1S/C10H15NO3/c1-6-4-8(14-10(6)13)5-7-2-3-11-9(7)12/h6-8H,2-5H2,1H3,(H,11,12). The van der Waals surface area contributed by atoms with Crippen molar-refractivity contribution in [2.45, 2.75) is 32.3 Å². The molecule has 14 heavy (non-hydrogen) atoms. The summed E-state index contributed by atoms with van der Waals surface area (Å²) in [7, 11) is 0. The Morgan fingerprint density at radius 1 is 1.50 bits per heavy atom. The first-order valence-electron chi connectivity index (χ1n) is 5.15. The van der Waals surface area contributed by atoms with Crippen molar-refractivity contribution in [2.75, 3.05) is 6.54 Å². The van der Waals surface area contributed by atoms with Crippen molar-refractivity contribution >= 4 is 11.9 Å². The van der Waals surface area contributed by atoms with E-state index in [2.05, 4.69) is 5.32 Å². The summed E-state index contributed by atoms with van der Waals surface area (Å²) in [5.41, 5.74) is 0. The van der Waals surface area contributed by atoms with Gasteiger partial charge in [0.2, 0.25) is 5.91 Å². The lowest BCUT2D eigenvalue weighted by Crippen LogP contribution is -2.22. The molecule has 3 unspecified atom stereocenters. The summed E-state index contributed by atoms with van der Waals surface area (Å²) in [5.74, 6) is 0.0524. The van der Waals surface area contributed by atoms with Crippen LogP contribution in [0.3, 0.4) is 0 Å². The average Bonchev–Trinajstić information content (AvgIpc) is 2.63. The second-order valence-corrected chi connectivity index (χ2v) is 4.21. The molecule has 0 aromatic rings. The number of nitrogens with one attached hydrogen (secondary N) is 1. The number of hydrogen-bond acceptors (Lipinski definition) is 3. The largest absolute Gasteiger partial charge is 0.462 e. The zero-order valence-electron chi connectivity index (χ0n) is 8.29. The van der Waals surface area contributed by atoms with Gasteiger partial charge in [0.25, 0.3) is 0 Å². The third kappa shape index (κ3) is 1.74. The molecule has 0 aliphatic carbocycles. The quantitative estimate of drug-likeness (QED) is 0.654. The van der Waals surface area contributed by atoms with E-state index in [9.17, 15) is 9.59 Å². The monoisotopic (exact) mass is 197 g/mol. The SMILES string of the molecule is CC1CC(CC2CCNC2=O)OC1=O. The molecule has 2 aliphatic heterocycles. The van der Waals surface area contributed by atoms with Gasteiger partial charge in [-0.25, -0.2) is 0 Å². The van der Waals surface area contributed by atoms with E-state index in [0.717, 1.165) is 19.4 Å². The number of carbonyl (C=O) groups is 2. The molecule has 2 heterocycles. The lowest BCUT2D eigenvalue weighted by Gasteiger charge is -2.12. The Kier molecular flexibility index (Phi) is 2.44. The van der Waals surface area contributed by atoms with E-state index in [1.807, 2.05) is 6.92 Å². The zero-order chi connectivity index (χ0) is 10.1. The van der Waals surface area contributed by atoms with Crippen LogP contribution < -0.4 is 5.32 Å². The minimum atomic E-state index is -0.117. The summed E-state index contributed by atoms with van der Waals surface area (Å²) in [6, 6.07) is 0. The van der Waals surface area contributed by atoms with E-state index in [1.165, 1.54) is 0 Å². The molecule has 4 nitrogen and oxygen atoms in total. The number of amides is 1. The van der Waals surface area contributed by atoms with E-state index < -0.39 is 0 Å². The van der Waals surface area contributed by atoms with Gasteiger partial charge in [-0.2, -0.15) is 0 Å². The first-order chi connectivity index (χ1) is 6.66. The van der Waals surface area contributed by atoms with Crippen LogP contribution in [0.15, 0.2) is 0 Å². The van der Waals surface area contributed by atoms with Crippen LogP contribution >= 0.6 is 0 Å².